The standard InChI is InChI=1S/C19H16BrClN4.ClH/c1-2-25-17-7-6-15(21)11-16(17)23-18(25)12-24-9-8-22-19(24)13-4-3-5-14(20)10-13;/h3-11H,2,12H2,1H3;1H. The number of fused-ring (bicyclic) bond motifs is 1. The highest BCUT2D eigenvalue weighted by Crippen LogP contribution is 2.24. The van der Waals surface area contributed by atoms with Crippen molar-refractivity contribution in [3.63, 3.8) is 0 Å². The summed E-state index contributed by atoms with van der Waals surface area (Å²) in [5.41, 5.74) is 3.10. The molecular formula is C19H17BrCl2N4. The van der Waals surface area contributed by atoms with Gasteiger partial charge in [0.2, 0.25) is 0 Å². The Kier molecular flexibility index (Phi) is 5.70. The van der Waals surface area contributed by atoms with Crippen molar-refractivity contribution in [1.82, 2.24) is 19.1 Å². The highest BCUT2D eigenvalue weighted by molar-refractivity contribution is 9.10. The van der Waals surface area contributed by atoms with Crippen LogP contribution in [0.5, 0.6) is 0 Å². The lowest BCUT2D eigenvalue weighted by Gasteiger charge is -2.10. The second-order valence-corrected chi connectivity index (χ2v) is 7.15. The van der Waals surface area contributed by atoms with Crippen LogP contribution < -0.4 is 0 Å². The number of nitrogens with zero attached hydrogens (tertiary/aromatic N) is 4. The zero-order valence-electron chi connectivity index (χ0n) is 14.1. The molecule has 2 aromatic heterocycles. The van der Waals surface area contributed by atoms with Gasteiger partial charge in [-0.15, -0.1) is 12.4 Å². The van der Waals surface area contributed by atoms with Crippen LogP contribution in [0.1, 0.15) is 12.7 Å². The molecule has 0 N–H and O–H groups in total. The van der Waals surface area contributed by atoms with E-state index in [4.69, 9.17) is 16.6 Å². The average molecular weight is 452 g/mol. The summed E-state index contributed by atoms with van der Waals surface area (Å²) < 4.78 is 5.38. The van der Waals surface area contributed by atoms with Crippen LogP contribution >= 0.6 is 39.9 Å². The molecule has 0 aliphatic rings. The van der Waals surface area contributed by atoms with E-state index in [9.17, 15) is 0 Å². The summed E-state index contributed by atoms with van der Waals surface area (Å²) in [5.74, 6) is 1.92. The molecule has 134 valence electrons. The normalized spacial score (nSPS) is 10.9. The van der Waals surface area contributed by atoms with Gasteiger partial charge in [-0.05, 0) is 37.3 Å². The molecule has 0 unspecified atom stereocenters. The van der Waals surface area contributed by atoms with E-state index < -0.39 is 0 Å². The summed E-state index contributed by atoms with van der Waals surface area (Å²) in [6, 6.07) is 14.0. The highest BCUT2D eigenvalue weighted by atomic mass is 79.9. The van der Waals surface area contributed by atoms with Crippen molar-refractivity contribution in [1.29, 1.82) is 0 Å². The largest absolute Gasteiger partial charge is 0.327 e. The molecule has 4 aromatic rings. The third-order valence-electron chi connectivity index (χ3n) is 4.22. The van der Waals surface area contributed by atoms with Gasteiger partial charge in [-0.2, -0.15) is 0 Å². The minimum atomic E-state index is 0. The Morgan fingerprint density at radius 3 is 2.77 bits per heavy atom. The van der Waals surface area contributed by atoms with Crippen LogP contribution in [0.25, 0.3) is 22.4 Å². The lowest BCUT2D eigenvalue weighted by atomic mass is 10.2. The van der Waals surface area contributed by atoms with E-state index in [0.717, 1.165) is 39.3 Å². The van der Waals surface area contributed by atoms with E-state index in [-0.39, 0.29) is 12.4 Å². The highest BCUT2D eigenvalue weighted by Gasteiger charge is 2.13. The predicted octanol–water partition coefficient (Wildman–Crippen LogP) is 5.81. The first kappa shape index (κ1) is 19.0. The van der Waals surface area contributed by atoms with Crippen molar-refractivity contribution >= 4 is 51.0 Å². The zero-order chi connectivity index (χ0) is 17.4. The molecule has 4 nitrogen and oxygen atoms in total. The number of hydrogen-bond donors (Lipinski definition) is 0. The van der Waals surface area contributed by atoms with Crippen LogP contribution in [0.4, 0.5) is 0 Å². The van der Waals surface area contributed by atoms with E-state index >= 15 is 0 Å². The predicted molar refractivity (Wildman–Crippen MR) is 112 cm³/mol. The summed E-state index contributed by atoms with van der Waals surface area (Å²) in [6.45, 7) is 3.64. The fourth-order valence-electron chi connectivity index (χ4n) is 3.10. The van der Waals surface area contributed by atoms with E-state index in [1.165, 1.54) is 0 Å². The third-order valence-corrected chi connectivity index (χ3v) is 4.94. The van der Waals surface area contributed by atoms with E-state index in [1.54, 1.807) is 0 Å². The van der Waals surface area contributed by atoms with Crippen molar-refractivity contribution in [3.8, 4) is 11.4 Å². The fraction of sp³-hybridized carbons (Fsp3) is 0.158. The Balaban J connectivity index is 0.00000196. The van der Waals surface area contributed by atoms with Crippen molar-refractivity contribution in [2.45, 2.75) is 20.0 Å². The second kappa shape index (κ2) is 7.82. The molecule has 2 aromatic carbocycles. The molecule has 0 atom stereocenters. The van der Waals surface area contributed by atoms with E-state index in [0.29, 0.717) is 11.6 Å². The Morgan fingerprint density at radius 2 is 2.00 bits per heavy atom. The molecule has 0 amide bonds. The maximum Gasteiger partial charge on any atom is 0.140 e. The molecule has 0 saturated carbocycles. The van der Waals surface area contributed by atoms with Crippen molar-refractivity contribution < 1.29 is 0 Å². The van der Waals surface area contributed by atoms with Gasteiger partial charge in [0.1, 0.15) is 11.6 Å². The first-order valence-electron chi connectivity index (χ1n) is 8.07. The summed E-state index contributed by atoms with van der Waals surface area (Å²) in [5, 5.41) is 0.706. The minimum Gasteiger partial charge on any atom is -0.327 e. The Morgan fingerprint density at radius 1 is 1.15 bits per heavy atom. The monoisotopic (exact) mass is 450 g/mol. The Bertz CT molecular complexity index is 1050. The molecule has 2 heterocycles. The quantitative estimate of drug-likeness (QED) is 0.392. The number of benzene rings is 2. The van der Waals surface area contributed by atoms with Gasteiger partial charge in [-0.3, -0.25) is 0 Å². The Labute approximate surface area is 171 Å². The zero-order valence-corrected chi connectivity index (χ0v) is 17.2. The van der Waals surface area contributed by atoms with Crippen molar-refractivity contribution in [2.75, 3.05) is 0 Å². The van der Waals surface area contributed by atoms with Gasteiger partial charge in [0, 0.05) is 34.0 Å². The summed E-state index contributed by atoms with van der Waals surface area (Å²) in [6.07, 6.45) is 3.81. The number of aromatic nitrogens is 4. The smallest absolute Gasteiger partial charge is 0.140 e. The van der Waals surface area contributed by atoms with Crippen LogP contribution in [-0.4, -0.2) is 19.1 Å². The average Bonchev–Trinajstić information content (AvgIpc) is 3.18. The first-order chi connectivity index (χ1) is 12.2. The number of rotatable bonds is 4. The van der Waals surface area contributed by atoms with Gasteiger partial charge in [0.15, 0.2) is 0 Å². The van der Waals surface area contributed by atoms with Crippen LogP contribution in [0.15, 0.2) is 59.3 Å². The summed E-state index contributed by atoms with van der Waals surface area (Å²) in [4.78, 5) is 9.32. The fourth-order valence-corrected chi connectivity index (χ4v) is 3.67. The molecule has 4 rings (SSSR count). The lowest BCUT2D eigenvalue weighted by Crippen LogP contribution is -2.08. The molecule has 0 aliphatic heterocycles. The summed E-state index contributed by atoms with van der Waals surface area (Å²) >= 11 is 9.64. The van der Waals surface area contributed by atoms with Gasteiger partial charge in [0.25, 0.3) is 0 Å². The van der Waals surface area contributed by atoms with Crippen LogP contribution in [0.2, 0.25) is 5.02 Å². The Hall–Kier alpha value is -1.82. The number of halogens is 3. The van der Waals surface area contributed by atoms with E-state index in [2.05, 4.69) is 49.1 Å². The van der Waals surface area contributed by atoms with Crippen molar-refractivity contribution in [2.24, 2.45) is 0 Å². The molecular weight excluding hydrogens is 435 g/mol. The molecule has 0 bridgehead atoms. The van der Waals surface area contributed by atoms with Gasteiger partial charge < -0.3 is 9.13 Å². The van der Waals surface area contributed by atoms with Gasteiger partial charge in [-0.1, -0.05) is 39.7 Å². The third kappa shape index (κ3) is 3.52. The number of imidazole rings is 2. The van der Waals surface area contributed by atoms with Crippen LogP contribution in [0.3, 0.4) is 0 Å². The first-order valence-corrected chi connectivity index (χ1v) is 9.24. The van der Waals surface area contributed by atoms with Crippen LogP contribution in [0, 0.1) is 0 Å². The SMILES string of the molecule is CCn1c(Cn2ccnc2-c2cccc(Br)c2)nc2cc(Cl)ccc21.Cl. The molecule has 0 saturated heterocycles. The maximum atomic E-state index is 6.12. The van der Waals surface area contributed by atoms with Gasteiger partial charge in [-0.25, -0.2) is 9.97 Å². The number of hydrogen-bond acceptors (Lipinski definition) is 2. The molecule has 26 heavy (non-hydrogen) atoms. The molecule has 0 aliphatic carbocycles. The molecule has 0 fully saturated rings. The lowest BCUT2D eigenvalue weighted by molar-refractivity contribution is 0.667. The van der Waals surface area contributed by atoms with Crippen LogP contribution in [-0.2, 0) is 13.1 Å². The van der Waals surface area contributed by atoms with E-state index in [1.807, 2.05) is 42.7 Å². The molecule has 0 spiro atoms. The van der Waals surface area contributed by atoms with Gasteiger partial charge >= 0.3 is 0 Å². The minimum absolute atomic E-state index is 0. The van der Waals surface area contributed by atoms with Crippen molar-refractivity contribution in [3.05, 3.63) is 70.2 Å². The number of aryl methyl sites for hydroxylation is 1. The summed E-state index contributed by atoms with van der Waals surface area (Å²) in [7, 11) is 0. The molecule has 0 radical (unpaired) electrons. The topological polar surface area (TPSA) is 35.6 Å². The molecule has 7 heteroatoms. The van der Waals surface area contributed by atoms with Gasteiger partial charge in [0.05, 0.1) is 17.6 Å². The second-order valence-electron chi connectivity index (χ2n) is 5.79. The maximum absolute atomic E-state index is 6.12.